The zero-order valence-electron chi connectivity index (χ0n) is 13.9. The van der Waals surface area contributed by atoms with Crippen LogP contribution >= 0.6 is 11.6 Å². The van der Waals surface area contributed by atoms with Gasteiger partial charge in [0.2, 0.25) is 0 Å². The molecule has 0 radical (unpaired) electrons. The molecule has 1 saturated carbocycles. The van der Waals surface area contributed by atoms with Crippen molar-refractivity contribution in [3.63, 3.8) is 0 Å². The van der Waals surface area contributed by atoms with Gasteiger partial charge in [-0.1, -0.05) is 31.4 Å². The number of carbonyl (C=O) groups is 2. The smallest absolute Gasteiger partial charge is 0.342 e. The number of nitrogens with one attached hydrogen (secondary N) is 1. The van der Waals surface area contributed by atoms with E-state index in [4.69, 9.17) is 26.8 Å². The summed E-state index contributed by atoms with van der Waals surface area (Å²) in [5.41, 5.74) is 6.11. The molecule has 0 aliphatic heterocycles. The summed E-state index contributed by atoms with van der Waals surface area (Å²) in [6.07, 6.45) is 4.37. The maximum absolute atomic E-state index is 12.2. The number of methoxy groups -OCH3 is 1. The molecule has 0 saturated heterocycles. The van der Waals surface area contributed by atoms with Gasteiger partial charge in [0.05, 0.1) is 17.8 Å². The van der Waals surface area contributed by atoms with Crippen LogP contribution in [0.15, 0.2) is 12.1 Å². The number of rotatable bonds is 5. The molecule has 24 heavy (non-hydrogen) atoms. The number of esters is 1. The van der Waals surface area contributed by atoms with Crippen molar-refractivity contribution in [1.82, 2.24) is 5.32 Å². The number of hydrogen-bond donors (Lipinski definition) is 2. The molecule has 132 valence electrons. The molecule has 7 heteroatoms. The van der Waals surface area contributed by atoms with E-state index in [-0.39, 0.29) is 34.9 Å². The molecular weight excluding hydrogens is 332 g/mol. The van der Waals surface area contributed by atoms with E-state index in [0.717, 1.165) is 19.3 Å². The minimum absolute atomic E-state index is 0.135. The number of nitrogen functional groups attached to an aromatic ring is 1. The molecule has 0 unspecified atom stereocenters. The molecule has 1 fully saturated rings. The number of benzene rings is 1. The van der Waals surface area contributed by atoms with Gasteiger partial charge in [0, 0.05) is 12.1 Å². The Morgan fingerprint density at radius 3 is 2.71 bits per heavy atom. The largest absolute Gasteiger partial charge is 0.496 e. The minimum atomic E-state index is -0.680. The summed E-state index contributed by atoms with van der Waals surface area (Å²) in [5.74, 6) is -0.291. The first kappa shape index (κ1) is 18.4. The van der Waals surface area contributed by atoms with Gasteiger partial charge in [0.25, 0.3) is 5.91 Å². The van der Waals surface area contributed by atoms with E-state index >= 15 is 0 Å². The summed E-state index contributed by atoms with van der Waals surface area (Å²) >= 11 is 5.93. The molecule has 1 aromatic carbocycles. The van der Waals surface area contributed by atoms with Crippen LogP contribution in [-0.4, -0.2) is 31.6 Å². The first-order chi connectivity index (χ1) is 11.4. The Bertz CT molecular complexity index is 621. The second-order valence-electron chi connectivity index (χ2n) is 6.09. The fourth-order valence-corrected chi connectivity index (χ4v) is 3.05. The lowest BCUT2D eigenvalue weighted by Crippen LogP contribution is -2.42. The number of carbonyl (C=O) groups excluding carboxylic acids is 2. The van der Waals surface area contributed by atoms with Crippen molar-refractivity contribution in [1.29, 1.82) is 0 Å². The molecule has 1 aliphatic carbocycles. The van der Waals surface area contributed by atoms with Gasteiger partial charge in [0.1, 0.15) is 11.3 Å². The van der Waals surface area contributed by atoms with Gasteiger partial charge in [-0.05, 0) is 24.8 Å². The SMILES string of the molecule is COc1cc(N)c(Cl)cc1C(=O)OCC(=O)N[C@H]1CCCC[C@H]1C. The van der Waals surface area contributed by atoms with E-state index in [2.05, 4.69) is 12.2 Å². The van der Waals surface area contributed by atoms with Gasteiger partial charge in [-0.15, -0.1) is 0 Å². The predicted octanol–water partition coefficient (Wildman–Crippen LogP) is 2.78. The van der Waals surface area contributed by atoms with E-state index in [0.29, 0.717) is 11.6 Å². The lowest BCUT2D eigenvalue weighted by molar-refractivity contribution is -0.125. The number of amides is 1. The van der Waals surface area contributed by atoms with Crippen LogP contribution in [0, 0.1) is 5.92 Å². The van der Waals surface area contributed by atoms with Gasteiger partial charge in [-0.2, -0.15) is 0 Å². The minimum Gasteiger partial charge on any atom is -0.496 e. The second kappa shape index (κ2) is 8.24. The van der Waals surface area contributed by atoms with E-state index < -0.39 is 5.97 Å². The Balaban J connectivity index is 1.93. The summed E-state index contributed by atoms with van der Waals surface area (Å²) in [6.45, 7) is 1.78. The van der Waals surface area contributed by atoms with Crippen LogP contribution < -0.4 is 15.8 Å². The number of hydrogen-bond acceptors (Lipinski definition) is 5. The Morgan fingerprint density at radius 1 is 1.33 bits per heavy atom. The van der Waals surface area contributed by atoms with E-state index in [1.54, 1.807) is 0 Å². The molecule has 1 aliphatic rings. The van der Waals surface area contributed by atoms with E-state index in [9.17, 15) is 9.59 Å². The van der Waals surface area contributed by atoms with Crippen molar-refractivity contribution in [3.8, 4) is 5.75 Å². The van der Waals surface area contributed by atoms with Crippen LogP contribution in [-0.2, 0) is 9.53 Å². The average molecular weight is 355 g/mol. The lowest BCUT2D eigenvalue weighted by Gasteiger charge is -2.29. The van der Waals surface area contributed by atoms with Crippen LogP contribution in [0.1, 0.15) is 43.0 Å². The highest BCUT2D eigenvalue weighted by atomic mass is 35.5. The third-order valence-electron chi connectivity index (χ3n) is 4.33. The molecule has 0 aromatic heterocycles. The molecule has 6 nitrogen and oxygen atoms in total. The number of ether oxygens (including phenoxy) is 2. The van der Waals surface area contributed by atoms with Gasteiger partial charge in [0.15, 0.2) is 6.61 Å². The van der Waals surface area contributed by atoms with Crippen molar-refractivity contribution in [2.45, 2.75) is 38.6 Å². The number of halogens is 1. The average Bonchev–Trinajstić information content (AvgIpc) is 2.56. The zero-order chi connectivity index (χ0) is 17.7. The maximum atomic E-state index is 12.2. The van der Waals surface area contributed by atoms with Gasteiger partial charge in [-0.3, -0.25) is 4.79 Å². The summed E-state index contributed by atoms with van der Waals surface area (Å²) in [6, 6.07) is 2.97. The van der Waals surface area contributed by atoms with Gasteiger partial charge >= 0.3 is 5.97 Å². The third-order valence-corrected chi connectivity index (χ3v) is 4.66. The van der Waals surface area contributed by atoms with Crippen LogP contribution in [0.5, 0.6) is 5.75 Å². The van der Waals surface area contributed by atoms with Crippen molar-refractivity contribution in [2.24, 2.45) is 5.92 Å². The monoisotopic (exact) mass is 354 g/mol. The molecule has 3 N–H and O–H groups in total. The standard InChI is InChI=1S/C17H23ClN2O4/c1-10-5-3-4-6-14(10)20-16(21)9-24-17(22)11-7-12(18)13(19)8-15(11)23-2/h7-8,10,14H,3-6,9,19H2,1-2H3,(H,20,21)/t10-,14+/m1/s1. The Kier molecular flexibility index (Phi) is 6.31. The molecule has 1 aromatic rings. The van der Waals surface area contributed by atoms with Gasteiger partial charge in [-0.25, -0.2) is 4.79 Å². The van der Waals surface area contributed by atoms with Crippen molar-refractivity contribution >= 4 is 29.2 Å². The molecule has 1 amide bonds. The fourth-order valence-electron chi connectivity index (χ4n) is 2.89. The Labute approximate surface area is 146 Å². The van der Waals surface area contributed by atoms with Crippen LogP contribution in [0.25, 0.3) is 0 Å². The van der Waals surface area contributed by atoms with Crippen LogP contribution in [0.4, 0.5) is 5.69 Å². The van der Waals surface area contributed by atoms with Crippen LogP contribution in [0.2, 0.25) is 5.02 Å². The number of nitrogens with two attached hydrogens (primary N) is 1. The van der Waals surface area contributed by atoms with E-state index in [1.807, 2.05) is 0 Å². The summed E-state index contributed by atoms with van der Waals surface area (Å²) in [5, 5.41) is 3.16. The Morgan fingerprint density at radius 2 is 2.04 bits per heavy atom. The van der Waals surface area contributed by atoms with Crippen molar-refractivity contribution in [2.75, 3.05) is 19.5 Å². The molecule has 0 spiro atoms. The van der Waals surface area contributed by atoms with Crippen LogP contribution in [0.3, 0.4) is 0 Å². The van der Waals surface area contributed by atoms with Gasteiger partial charge < -0.3 is 20.5 Å². The second-order valence-corrected chi connectivity index (χ2v) is 6.49. The summed E-state index contributed by atoms with van der Waals surface area (Å²) in [4.78, 5) is 24.2. The Hall–Kier alpha value is -1.95. The zero-order valence-corrected chi connectivity index (χ0v) is 14.7. The highest BCUT2D eigenvalue weighted by Crippen LogP contribution is 2.29. The highest BCUT2D eigenvalue weighted by Gasteiger charge is 2.23. The lowest BCUT2D eigenvalue weighted by atomic mass is 9.86. The maximum Gasteiger partial charge on any atom is 0.342 e. The first-order valence-electron chi connectivity index (χ1n) is 8.02. The summed E-state index contributed by atoms with van der Waals surface area (Å²) in [7, 11) is 1.41. The molecule has 2 atom stereocenters. The van der Waals surface area contributed by atoms with Crippen molar-refractivity contribution in [3.05, 3.63) is 22.7 Å². The first-order valence-corrected chi connectivity index (χ1v) is 8.39. The number of anilines is 1. The van der Waals surface area contributed by atoms with Crippen molar-refractivity contribution < 1.29 is 19.1 Å². The summed E-state index contributed by atoms with van der Waals surface area (Å²) < 4.78 is 10.2. The highest BCUT2D eigenvalue weighted by molar-refractivity contribution is 6.33. The van der Waals surface area contributed by atoms with E-state index in [1.165, 1.54) is 25.7 Å². The topological polar surface area (TPSA) is 90.7 Å². The molecular formula is C17H23ClN2O4. The molecule has 0 heterocycles. The predicted molar refractivity (Wildman–Crippen MR) is 92.3 cm³/mol. The third kappa shape index (κ3) is 4.54. The quantitative estimate of drug-likeness (QED) is 0.626. The fraction of sp³-hybridized carbons (Fsp3) is 0.529. The normalized spacial score (nSPS) is 20.3. The molecule has 0 bridgehead atoms. The molecule has 2 rings (SSSR count).